The highest BCUT2D eigenvalue weighted by molar-refractivity contribution is 5.80. The van der Waals surface area contributed by atoms with Crippen LogP contribution in [0.5, 0.6) is 5.75 Å². The highest BCUT2D eigenvalue weighted by Crippen LogP contribution is 2.26. The van der Waals surface area contributed by atoms with Crippen LogP contribution in [-0.2, 0) is 11.2 Å². The lowest BCUT2D eigenvalue weighted by Gasteiger charge is -2.46. The maximum Gasteiger partial charge on any atom is 0.227 e. The van der Waals surface area contributed by atoms with Gasteiger partial charge in [0.1, 0.15) is 5.75 Å². The molecule has 4 nitrogen and oxygen atoms in total. The Bertz CT molecular complexity index is 438. The monoisotopic (exact) mass is 249 g/mol. The first-order valence-corrected chi connectivity index (χ1v) is 6.20. The largest absolute Gasteiger partial charge is 0.496 e. The number of rotatable bonds is 4. The molecule has 1 amide bonds. The molecule has 0 aromatic heterocycles. The van der Waals surface area contributed by atoms with Crippen LogP contribution in [0, 0.1) is 0 Å². The van der Waals surface area contributed by atoms with E-state index in [1.807, 2.05) is 31.2 Å². The van der Waals surface area contributed by atoms with Gasteiger partial charge in [0.25, 0.3) is 0 Å². The smallest absolute Gasteiger partial charge is 0.227 e. The van der Waals surface area contributed by atoms with Crippen molar-refractivity contribution < 1.29 is 14.6 Å². The molecular formula is C14H19NO3. The van der Waals surface area contributed by atoms with Gasteiger partial charge in [-0.1, -0.05) is 25.1 Å². The minimum Gasteiger partial charge on any atom is -0.496 e. The maximum absolute atomic E-state index is 12.0. The minimum absolute atomic E-state index is 0.0395. The van der Waals surface area contributed by atoms with Crippen molar-refractivity contribution in [1.82, 2.24) is 4.90 Å². The van der Waals surface area contributed by atoms with Crippen molar-refractivity contribution in [2.24, 2.45) is 0 Å². The van der Waals surface area contributed by atoms with E-state index in [1.165, 1.54) is 0 Å². The molecule has 0 radical (unpaired) electrons. The molecule has 0 aliphatic carbocycles. The Morgan fingerprint density at radius 1 is 1.44 bits per heavy atom. The zero-order valence-electron chi connectivity index (χ0n) is 10.8. The predicted molar refractivity (Wildman–Crippen MR) is 68.5 cm³/mol. The second-order valence-corrected chi connectivity index (χ2v) is 4.82. The fourth-order valence-electron chi connectivity index (χ4n) is 2.19. The van der Waals surface area contributed by atoms with Gasteiger partial charge in [0.2, 0.25) is 5.91 Å². The van der Waals surface area contributed by atoms with Gasteiger partial charge in [-0.3, -0.25) is 4.79 Å². The Kier molecular flexibility index (Phi) is 3.57. The van der Waals surface area contributed by atoms with E-state index in [0.29, 0.717) is 25.9 Å². The number of β-amino-alcohol motifs (C(OH)–C–C–N with tert-alkyl or cyclic N) is 1. The third-order valence-electron chi connectivity index (χ3n) is 3.52. The van der Waals surface area contributed by atoms with Crippen LogP contribution in [0.4, 0.5) is 0 Å². The quantitative estimate of drug-likeness (QED) is 0.873. The van der Waals surface area contributed by atoms with Gasteiger partial charge in [0, 0.05) is 5.56 Å². The van der Waals surface area contributed by atoms with Gasteiger partial charge in [0.15, 0.2) is 0 Å². The zero-order valence-corrected chi connectivity index (χ0v) is 10.8. The molecule has 1 N–H and O–H groups in total. The van der Waals surface area contributed by atoms with Crippen molar-refractivity contribution in [3.63, 3.8) is 0 Å². The molecule has 1 saturated heterocycles. The molecular weight excluding hydrogens is 230 g/mol. The van der Waals surface area contributed by atoms with Crippen LogP contribution >= 0.6 is 0 Å². The predicted octanol–water partition coefficient (Wildman–Crippen LogP) is 1.22. The number of amides is 1. The summed E-state index contributed by atoms with van der Waals surface area (Å²) in [5.41, 5.74) is 0.216. The fraction of sp³-hybridized carbons (Fsp3) is 0.500. The van der Waals surface area contributed by atoms with Crippen molar-refractivity contribution in [3.8, 4) is 5.75 Å². The van der Waals surface area contributed by atoms with E-state index >= 15 is 0 Å². The number of likely N-dealkylation sites (tertiary alicyclic amines) is 1. The molecule has 4 heteroatoms. The van der Waals surface area contributed by atoms with Gasteiger partial charge in [-0.15, -0.1) is 0 Å². The molecule has 0 spiro atoms. The van der Waals surface area contributed by atoms with Crippen molar-refractivity contribution in [2.75, 3.05) is 20.2 Å². The van der Waals surface area contributed by atoms with Gasteiger partial charge < -0.3 is 14.7 Å². The van der Waals surface area contributed by atoms with Crippen LogP contribution in [0.2, 0.25) is 0 Å². The molecule has 18 heavy (non-hydrogen) atoms. The van der Waals surface area contributed by atoms with E-state index in [0.717, 1.165) is 11.3 Å². The zero-order chi connectivity index (χ0) is 13.2. The average Bonchev–Trinajstić information content (AvgIpc) is 2.35. The van der Waals surface area contributed by atoms with Crippen molar-refractivity contribution in [3.05, 3.63) is 29.8 Å². The molecule has 98 valence electrons. The van der Waals surface area contributed by atoms with Crippen LogP contribution in [0.3, 0.4) is 0 Å². The first kappa shape index (κ1) is 12.9. The molecule has 2 rings (SSSR count). The van der Waals surface area contributed by atoms with Gasteiger partial charge in [-0.05, 0) is 12.5 Å². The Balaban J connectivity index is 1.97. The van der Waals surface area contributed by atoms with E-state index in [2.05, 4.69) is 0 Å². The molecule has 0 bridgehead atoms. The molecule has 0 unspecified atom stereocenters. The summed E-state index contributed by atoms with van der Waals surface area (Å²) in [6.07, 6.45) is 1.01. The van der Waals surface area contributed by atoms with Crippen LogP contribution in [0.15, 0.2) is 24.3 Å². The summed E-state index contributed by atoms with van der Waals surface area (Å²) in [5.74, 6) is 0.773. The highest BCUT2D eigenvalue weighted by atomic mass is 16.5. The second kappa shape index (κ2) is 4.98. The number of para-hydroxylation sites is 1. The van der Waals surface area contributed by atoms with Gasteiger partial charge >= 0.3 is 0 Å². The number of carbonyl (C=O) groups is 1. The second-order valence-electron chi connectivity index (χ2n) is 4.82. The summed E-state index contributed by atoms with van der Waals surface area (Å²) in [4.78, 5) is 13.7. The van der Waals surface area contributed by atoms with Gasteiger partial charge in [-0.2, -0.15) is 0 Å². The summed E-state index contributed by atoms with van der Waals surface area (Å²) in [6.45, 7) is 2.82. The third kappa shape index (κ3) is 2.48. The molecule has 1 aliphatic rings. The van der Waals surface area contributed by atoms with Gasteiger partial charge in [0.05, 0.1) is 32.2 Å². The summed E-state index contributed by atoms with van der Waals surface area (Å²) < 4.78 is 5.22. The normalized spacial score (nSPS) is 17.2. The van der Waals surface area contributed by atoms with Crippen LogP contribution in [-0.4, -0.2) is 41.7 Å². The first-order valence-electron chi connectivity index (χ1n) is 6.20. The Morgan fingerprint density at radius 2 is 2.11 bits per heavy atom. The highest BCUT2D eigenvalue weighted by Gasteiger charge is 2.41. The lowest BCUT2D eigenvalue weighted by atomic mass is 9.91. The lowest BCUT2D eigenvalue weighted by molar-refractivity contribution is -0.155. The minimum atomic E-state index is -0.670. The fourth-order valence-corrected chi connectivity index (χ4v) is 2.19. The molecule has 1 aromatic rings. The average molecular weight is 249 g/mol. The number of ether oxygens (including phenoxy) is 1. The summed E-state index contributed by atoms with van der Waals surface area (Å²) in [6, 6.07) is 7.51. The number of nitrogens with zero attached hydrogens (tertiary/aromatic N) is 1. The van der Waals surface area contributed by atoms with Crippen molar-refractivity contribution in [1.29, 1.82) is 0 Å². The van der Waals surface area contributed by atoms with E-state index in [1.54, 1.807) is 12.0 Å². The Labute approximate surface area is 107 Å². The number of hydrogen-bond donors (Lipinski definition) is 1. The summed E-state index contributed by atoms with van der Waals surface area (Å²) in [5, 5.41) is 9.89. The SMILES string of the molecule is CCC1(O)CN(C(=O)Cc2ccccc2OC)C1. The van der Waals surface area contributed by atoms with E-state index in [4.69, 9.17) is 4.74 Å². The molecule has 0 saturated carbocycles. The van der Waals surface area contributed by atoms with Crippen LogP contribution in [0.1, 0.15) is 18.9 Å². The number of benzene rings is 1. The van der Waals surface area contributed by atoms with E-state index in [9.17, 15) is 9.90 Å². The molecule has 1 aromatic carbocycles. The summed E-state index contributed by atoms with van der Waals surface area (Å²) >= 11 is 0. The lowest BCUT2D eigenvalue weighted by Crippen LogP contribution is -2.63. The number of hydrogen-bond acceptors (Lipinski definition) is 3. The van der Waals surface area contributed by atoms with Crippen molar-refractivity contribution >= 4 is 5.91 Å². The molecule has 1 aliphatic heterocycles. The molecule has 1 heterocycles. The van der Waals surface area contributed by atoms with E-state index in [-0.39, 0.29) is 5.91 Å². The molecule has 0 atom stereocenters. The first-order chi connectivity index (χ1) is 8.58. The summed E-state index contributed by atoms with van der Waals surface area (Å²) in [7, 11) is 1.60. The number of aliphatic hydroxyl groups is 1. The van der Waals surface area contributed by atoms with Gasteiger partial charge in [-0.25, -0.2) is 0 Å². The molecule has 1 fully saturated rings. The van der Waals surface area contributed by atoms with E-state index < -0.39 is 5.60 Å². The van der Waals surface area contributed by atoms with Crippen LogP contribution in [0.25, 0.3) is 0 Å². The Morgan fingerprint density at radius 3 is 2.72 bits per heavy atom. The number of carbonyl (C=O) groups excluding carboxylic acids is 1. The standard InChI is InChI=1S/C14H19NO3/c1-3-14(17)9-15(10-14)13(16)8-11-6-4-5-7-12(11)18-2/h4-7,17H,3,8-10H2,1-2H3. The van der Waals surface area contributed by atoms with Crippen molar-refractivity contribution in [2.45, 2.75) is 25.4 Å². The Hall–Kier alpha value is -1.55. The number of methoxy groups -OCH3 is 1. The third-order valence-corrected chi connectivity index (χ3v) is 3.52. The van der Waals surface area contributed by atoms with Crippen LogP contribution < -0.4 is 4.74 Å². The topological polar surface area (TPSA) is 49.8 Å². The maximum atomic E-state index is 12.0.